The Morgan fingerprint density at radius 2 is 1.50 bits per heavy atom. The van der Waals surface area contributed by atoms with Gasteiger partial charge in [0.25, 0.3) is 11.8 Å². The fraction of sp³-hybridized carbons (Fsp3) is 0.0909. The minimum atomic E-state index is -0.556. The third kappa shape index (κ3) is 4.75. The van der Waals surface area contributed by atoms with Crippen LogP contribution in [-0.4, -0.2) is 11.8 Å². The van der Waals surface area contributed by atoms with E-state index >= 15 is 0 Å². The van der Waals surface area contributed by atoms with Gasteiger partial charge in [0.05, 0.1) is 11.1 Å². The second kappa shape index (κ2) is 8.67. The fourth-order valence-electron chi connectivity index (χ4n) is 2.66. The monoisotopic (exact) mass is 396 g/mol. The minimum Gasteiger partial charge on any atom is -0.346 e. The maximum Gasteiger partial charge on any atom is 0.255 e. The van der Waals surface area contributed by atoms with Gasteiger partial charge in [0.15, 0.2) is 0 Å². The summed E-state index contributed by atoms with van der Waals surface area (Å²) in [7, 11) is 0. The number of anilines is 1. The van der Waals surface area contributed by atoms with Crippen LogP contribution in [0, 0.1) is 5.82 Å². The quantitative estimate of drug-likeness (QED) is 0.621. The van der Waals surface area contributed by atoms with Crippen molar-refractivity contribution >= 4 is 29.1 Å². The second-order valence-corrected chi connectivity index (χ2v) is 6.67. The molecule has 1 atom stereocenters. The number of nitrogens with one attached hydrogen (secondary N) is 2. The van der Waals surface area contributed by atoms with E-state index in [1.165, 1.54) is 18.2 Å². The molecule has 1 unspecified atom stereocenters. The molecular formula is C22H18ClFN2O2. The van der Waals surface area contributed by atoms with Crippen molar-refractivity contribution in [2.24, 2.45) is 0 Å². The molecule has 0 radical (unpaired) electrons. The molecule has 0 aliphatic heterocycles. The molecule has 6 heteroatoms. The van der Waals surface area contributed by atoms with Crippen molar-refractivity contribution in [1.82, 2.24) is 5.32 Å². The number of carbonyl (C=O) groups is 2. The van der Waals surface area contributed by atoms with Gasteiger partial charge in [-0.1, -0.05) is 41.9 Å². The van der Waals surface area contributed by atoms with Gasteiger partial charge in [0.1, 0.15) is 5.82 Å². The first kappa shape index (κ1) is 19.6. The van der Waals surface area contributed by atoms with Crippen LogP contribution >= 0.6 is 11.6 Å². The first-order valence-electron chi connectivity index (χ1n) is 8.66. The van der Waals surface area contributed by atoms with E-state index in [0.29, 0.717) is 16.8 Å². The van der Waals surface area contributed by atoms with Crippen molar-refractivity contribution in [3.8, 4) is 0 Å². The van der Waals surface area contributed by atoms with E-state index in [-0.39, 0.29) is 22.9 Å². The SMILES string of the molecule is CC(NC(=O)c1ccc(C(=O)Nc2ccc(F)c(Cl)c2)cc1)c1ccccc1. The maximum atomic E-state index is 13.2. The Labute approximate surface area is 167 Å². The lowest BCUT2D eigenvalue weighted by molar-refractivity contribution is 0.0938. The summed E-state index contributed by atoms with van der Waals surface area (Å²) >= 11 is 5.71. The predicted octanol–water partition coefficient (Wildman–Crippen LogP) is 5.22. The van der Waals surface area contributed by atoms with Crippen molar-refractivity contribution in [3.05, 3.63) is 100 Å². The molecule has 0 fully saturated rings. The summed E-state index contributed by atoms with van der Waals surface area (Å²) in [4.78, 5) is 24.7. The van der Waals surface area contributed by atoms with Crippen LogP contribution in [0.4, 0.5) is 10.1 Å². The van der Waals surface area contributed by atoms with Gasteiger partial charge in [-0.15, -0.1) is 0 Å². The highest BCUT2D eigenvalue weighted by Crippen LogP contribution is 2.20. The average Bonchev–Trinajstić information content (AvgIpc) is 2.71. The largest absolute Gasteiger partial charge is 0.346 e. The molecule has 28 heavy (non-hydrogen) atoms. The smallest absolute Gasteiger partial charge is 0.255 e. The van der Waals surface area contributed by atoms with Crippen LogP contribution in [0.5, 0.6) is 0 Å². The number of hydrogen-bond acceptors (Lipinski definition) is 2. The Kier molecular flexibility index (Phi) is 6.06. The molecule has 0 spiro atoms. The Balaban J connectivity index is 1.64. The zero-order valence-corrected chi connectivity index (χ0v) is 15.8. The molecule has 0 aliphatic carbocycles. The van der Waals surface area contributed by atoms with Gasteiger partial charge in [-0.2, -0.15) is 0 Å². The number of rotatable bonds is 5. The molecule has 4 nitrogen and oxygen atoms in total. The van der Waals surface area contributed by atoms with Gasteiger partial charge in [0, 0.05) is 16.8 Å². The van der Waals surface area contributed by atoms with E-state index in [0.717, 1.165) is 5.56 Å². The Morgan fingerprint density at radius 3 is 2.11 bits per heavy atom. The van der Waals surface area contributed by atoms with E-state index < -0.39 is 5.82 Å². The third-order valence-electron chi connectivity index (χ3n) is 4.23. The molecule has 3 aromatic carbocycles. The van der Waals surface area contributed by atoms with E-state index in [4.69, 9.17) is 11.6 Å². The van der Waals surface area contributed by atoms with E-state index in [9.17, 15) is 14.0 Å². The maximum absolute atomic E-state index is 13.2. The number of halogens is 2. The molecule has 0 heterocycles. The first-order valence-corrected chi connectivity index (χ1v) is 9.04. The zero-order valence-electron chi connectivity index (χ0n) is 15.1. The molecule has 0 saturated carbocycles. The zero-order chi connectivity index (χ0) is 20.1. The highest BCUT2D eigenvalue weighted by molar-refractivity contribution is 6.31. The summed E-state index contributed by atoms with van der Waals surface area (Å²) in [6.07, 6.45) is 0. The molecule has 0 saturated heterocycles. The molecule has 3 aromatic rings. The standard InChI is InChI=1S/C22H18ClFN2O2/c1-14(15-5-3-2-4-6-15)25-21(27)16-7-9-17(10-8-16)22(28)26-18-11-12-20(24)19(23)13-18/h2-14H,1H3,(H,25,27)(H,26,28). The third-order valence-corrected chi connectivity index (χ3v) is 4.52. The normalized spacial score (nSPS) is 11.5. The fourth-order valence-corrected chi connectivity index (χ4v) is 2.84. The average molecular weight is 397 g/mol. The van der Waals surface area contributed by atoms with Gasteiger partial charge < -0.3 is 10.6 Å². The lowest BCUT2D eigenvalue weighted by atomic mass is 10.1. The molecule has 3 rings (SSSR count). The second-order valence-electron chi connectivity index (χ2n) is 6.27. The lowest BCUT2D eigenvalue weighted by Crippen LogP contribution is -2.26. The van der Waals surface area contributed by atoms with Crippen molar-refractivity contribution in [2.45, 2.75) is 13.0 Å². The summed E-state index contributed by atoms with van der Waals surface area (Å²) in [6, 6.07) is 19.7. The molecule has 0 bridgehead atoms. The van der Waals surface area contributed by atoms with Crippen LogP contribution in [0.3, 0.4) is 0 Å². The van der Waals surface area contributed by atoms with Crippen LogP contribution in [0.15, 0.2) is 72.8 Å². The Bertz CT molecular complexity index is 991. The first-order chi connectivity index (χ1) is 13.4. The van der Waals surface area contributed by atoms with E-state index in [1.54, 1.807) is 24.3 Å². The summed E-state index contributed by atoms with van der Waals surface area (Å²) in [6.45, 7) is 1.91. The highest BCUT2D eigenvalue weighted by atomic mass is 35.5. The highest BCUT2D eigenvalue weighted by Gasteiger charge is 2.13. The van der Waals surface area contributed by atoms with Crippen LogP contribution in [0.2, 0.25) is 5.02 Å². The van der Waals surface area contributed by atoms with Crippen LogP contribution in [0.25, 0.3) is 0 Å². The van der Waals surface area contributed by atoms with Crippen molar-refractivity contribution < 1.29 is 14.0 Å². The molecule has 0 aromatic heterocycles. The Hall–Kier alpha value is -3.18. The molecule has 2 amide bonds. The number of benzene rings is 3. The van der Waals surface area contributed by atoms with Gasteiger partial charge >= 0.3 is 0 Å². The molecule has 2 N–H and O–H groups in total. The topological polar surface area (TPSA) is 58.2 Å². The summed E-state index contributed by atoms with van der Waals surface area (Å²) in [5, 5.41) is 5.49. The van der Waals surface area contributed by atoms with Crippen molar-refractivity contribution in [3.63, 3.8) is 0 Å². The van der Waals surface area contributed by atoms with Crippen LogP contribution < -0.4 is 10.6 Å². The summed E-state index contributed by atoms with van der Waals surface area (Å²) in [5.41, 5.74) is 2.21. The van der Waals surface area contributed by atoms with E-state index in [2.05, 4.69) is 10.6 Å². The van der Waals surface area contributed by atoms with Crippen LogP contribution in [0.1, 0.15) is 39.2 Å². The van der Waals surface area contributed by atoms with Crippen molar-refractivity contribution in [2.75, 3.05) is 5.32 Å². The van der Waals surface area contributed by atoms with Gasteiger partial charge in [-0.25, -0.2) is 4.39 Å². The van der Waals surface area contributed by atoms with Gasteiger partial charge in [-0.05, 0) is 55.0 Å². The Morgan fingerprint density at radius 1 is 0.893 bits per heavy atom. The van der Waals surface area contributed by atoms with Gasteiger partial charge in [0.2, 0.25) is 0 Å². The number of hydrogen-bond donors (Lipinski definition) is 2. The molecule has 142 valence electrons. The number of amides is 2. The van der Waals surface area contributed by atoms with Crippen LogP contribution in [-0.2, 0) is 0 Å². The van der Waals surface area contributed by atoms with Gasteiger partial charge in [-0.3, -0.25) is 9.59 Å². The van der Waals surface area contributed by atoms with E-state index in [1.807, 2.05) is 37.3 Å². The number of carbonyl (C=O) groups excluding carboxylic acids is 2. The van der Waals surface area contributed by atoms with Crippen molar-refractivity contribution in [1.29, 1.82) is 0 Å². The summed E-state index contributed by atoms with van der Waals surface area (Å²) in [5.74, 6) is -1.17. The molecule has 0 aliphatic rings. The molecular weight excluding hydrogens is 379 g/mol. The minimum absolute atomic E-state index is 0.0719. The predicted molar refractivity (Wildman–Crippen MR) is 108 cm³/mol. The summed E-state index contributed by atoms with van der Waals surface area (Å²) < 4.78 is 13.2. The lowest BCUT2D eigenvalue weighted by Gasteiger charge is -2.14.